The standard InChI is InChI=1S/C21H27N3O2/c1-3-13-24-14-5-4-6-19(24)21(26)22-15(2)16-9-11-18(12-10-16)23-20(25)17-7-8-17/h1,9-12,15,17,19H,4-8,13-14H2,2H3,(H,22,26)(H,23,25)/t15-,19-/m1/s1. The molecule has 0 radical (unpaired) electrons. The zero-order valence-corrected chi connectivity index (χ0v) is 15.3. The molecule has 2 N–H and O–H groups in total. The molecule has 2 fully saturated rings. The molecule has 0 bridgehead atoms. The Balaban J connectivity index is 1.56. The van der Waals surface area contributed by atoms with E-state index in [1.54, 1.807) is 0 Å². The summed E-state index contributed by atoms with van der Waals surface area (Å²) in [5.74, 6) is 2.98. The lowest BCUT2D eigenvalue weighted by atomic mass is 10.0. The second-order valence-corrected chi connectivity index (χ2v) is 7.30. The fourth-order valence-electron chi connectivity index (χ4n) is 3.43. The lowest BCUT2D eigenvalue weighted by Gasteiger charge is -2.34. The summed E-state index contributed by atoms with van der Waals surface area (Å²) < 4.78 is 0. The monoisotopic (exact) mass is 353 g/mol. The number of hydrogen-bond donors (Lipinski definition) is 2. The molecule has 1 aromatic carbocycles. The lowest BCUT2D eigenvalue weighted by molar-refractivity contribution is -0.128. The second-order valence-electron chi connectivity index (χ2n) is 7.30. The number of benzene rings is 1. The van der Waals surface area contributed by atoms with E-state index in [2.05, 4.69) is 21.5 Å². The summed E-state index contributed by atoms with van der Waals surface area (Å²) >= 11 is 0. The Kier molecular flexibility index (Phi) is 5.95. The van der Waals surface area contributed by atoms with E-state index in [0.29, 0.717) is 6.54 Å². The van der Waals surface area contributed by atoms with Gasteiger partial charge in [0, 0.05) is 11.6 Å². The molecule has 1 saturated carbocycles. The van der Waals surface area contributed by atoms with Crippen LogP contribution in [0.1, 0.15) is 50.6 Å². The number of terminal acetylenes is 1. The van der Waals surface area contributed by atoms with Crippen molar-refractivity contribution in [3.8, 4) is 12.3 Å². The van der Waals surface area contributed by atoms with E-state index >= 15 is 0 Å². The highest BCUT2D eigenvalue weighted by Gasteiger charge is 2.30. The van der Waals surface area contributed by atoms with Gasteiger partial charge in [-0.2, -0.15) is 0 Å². The molecule has 1 heterocycles. The van der Waals surface area contributed by atoms with Crippen molar-refractivity contribution in [3.63, 3.8) is 0 Å². The van der Waals surface area contributed by atoms with Crippen LogP contribution in [0.2, 0.25) is 0 Å². The number of hydrogen-bond acceptors (Lipinski definition) is 3. The number of nitrogens with zero attached hydrogens (tertiary/aromatic N) is 1. The van der Waals surface area contributed by atoms with Crippen LogP contribution in [0.3, 0.4) is 0 Å². The molecule has 5 nitrogen and oxygen atoms in total. The first-order valence-corrected chi connectivity index (χ1v) is 9.47. The predicted octanol–water partition coefficient (Wildman–Crippen LogP) is 2.70. The molecule has 2 amide bonds. The van der Waals surface area contributed by atoms with Crippen molar-refractivity contribution in [2.45, 2.75) is 51.1 Å². The van der Waals surface area contributed by atoms with Crippen LogP contribution in [-0.2, 0) is 9.59 Å². The number of nitrogens with one attached hydrogen (secondary N) is 2. The third-order valence-electron chi connectivity index (χ3n) is 5.20. The van der Waals surface area contributed by atoms with Gasteiger partial charge in [0.2, 0.25) is 11.8 Å². The highest BCUT2D eigenvalue weighted by Crippen LogP contribution is 2.30. The van der Waals surface area contributed by atoms with Crippen LogP contribution in [-0.4, -0.2) is 35.8 Å². The van der Waals surface area contributed by atoms with Gasteiger partial charge < -0.3 is 10.6 Å². The summed E-state index contributed by atoms with van der Waals surface area (Å²) in [4.78, 5) is 26.6. The van der Waals surface area contributed by atoms with E-state index in [4.69, 9.17) is 6.42 Å². The fourth-order valence-corrected chi connectivity index (χ4v) is 3.43. The molecule has 1 aliphatic heterocycles. The van der Waals surface area contributed by atoms with Crippen LogP contribution < -0.4 is 10.6 Å². The third kappa shape index (κ3) is 4.64. The second kappa shape index (κ2) is 8.37. The Morgan fingerprint density at radius 3 is 2.58 bits per heavy atom. The predicted molar refractivity (Wildman–Crippen MR) is 102 cm³/mol. The van der Waals surface area contributed by atoms with Crippen LogP contribution >= 0.6 is 0 Å². The maximum atomic E-state index is 12.7. The molecular formula is C21H27N3O2. The fraction of sp³-hybridized carbons (Fsp3) is 0.524. The summed E-state index contributed by atoms with van der Waals surface area (Å²) in [6, 6.07) is 7.46. The van der Waals surface area contributed by atoms with Crippen molar-refractivity contribution in [1.29, 1.82) is 0 Å². The number of anilines is 1. The lowest BCUT2D eigenvalue weighted by Crippen LogP contribution is -2.49. The van der Waals surface area contributed by atoms with Gasteiger partial charge in [0.25, 0.3) is 0 Å². The molecule has 3 rings (SSSR count). The number of amides is 2. The Morgan fingerprint density at radius 2 is 1.92 bits per heavy atom. The first-order chi connectivity index (χ1) is 12.6. The largest absolute Gasteiger partial charge is 0.348 e. The van der Waals surface area contributed by atoms with E-state index in [0.717, 1.165) is 49.9 Å². The van der Waals surface area contributed by atoms with Crippen molar-refractivity contribution in [3.05, 3.63) is 29.8 Å². The minimum atomic E-state index is -0.139. The van der Waals surface area contributed by atoms with Crippen molar-refractivity contribution in [2.24, 2.45) is 5.92 Å². The molecule has 0 spiro atoms. The van der Waals surface area contributed by atoms with Crippen LogP contribution in [0, 0.1) is 18.3 Å². The summed E-state index contributed by atoms with van der Waals surface area (Å²) in [7, 11) is 0. The Bertz CT molecular complexity index is 688. The van der Waals surface area contributed by atoms with Crippen molar-refractivity contribution in [2.75, 3.05) is 18.4 Å². The number of carbonyl (C=O) groups excluding carboxylic acids is 2. The van der Waals surface area contributed by atoms with E-state index in [1.807, 2.05) is 31.2 Å². The van der Waals surface area contributed by atoms with Crippen LogP contribution in [0.4, 0.5) is 5.69 Å². The average molecular weight is 353 g/mol. The molecule has 1 aliphatic carbocycles. The van der Waals surface area contributed by atoms with Gasteiger partial charge in [0.1, 0.15) is 0 Å². The zero-order valence-electron chi connectivity index (χ0n) is 15.3. The molecule has 2 atom stereocenters. The average Bonchev–Trinajstić information content (AvgIpc) is 3.48. The van der Waals surface area contributed by atoms with Crippen molar-refractivity contribution in [1.82, 2.24) is 10.2 Å². The first kappa shape index (κ1) is 18.5. The Morgan fingerprint density at radius 1 is 1.19 bits per heavy atom. The van der Waals surface area contributed by atoms with Crippen LogP contribution in [0.25, 0.3) is 0 Å². The maximum absolute atomic E-state index is 12.7. The van der Waals surface area contributed by atoms with Gasteiger partial charge in [0.15, 0.2) is 0 Å². The minimum absolute atomic E-state index is 0.0403. The molecule has 138 valence electrons. The molecule has 0 aromatic heterocycles. The highest BCUT2D eigenvalue weighted by atomic mass is 16.2. The Labute approximate surface area is 155 Å². The van der Waals surface area contributed by atoms with Gasteiger partial charge in [-0.15, -0.1) is 6.42 Å². The van der Waals surface area contributed by atoms with Crippen LogP contribution in [0.5, 0.6) is 0 Å². The number of rotatable bonds is 6. The maximum Gasteiger partial charge on any atom is 0.237 e. The van der Waals surface area contributed by atoms with E-state index in [1.165, 1.54) is 0 Å². The smallest absolute Gasteiger partial charge is 0.237 e. The summed E-state index contributed by atoms with van der Waals surface area (Å²) in [6.45, 7) is 3.37. The molecule has 1 saturated heterocycles. The molecule has 5 heteroatoms. The molecule has 0 unspecified atom stereocenters. The third-order valence-corrected chi connectivity index (χ3v) is 5.20. The molecule has 26 heavy (non-hydrogen) atoms. The van der Waals surface area contributed by atoms with E-state index in [9.17, 15) is 9.59 Å². The number of likely N-dealkylation sites (tertiary alicyclic amines) is 1. The van der Waals surface area contributed by atoms with Crippen LogP contribution in [0.15, 0.2) is 24.3 Å². The van der Waals surface area contributed by atoms with Gasteiger partial charge in [0.05, 0.1) is 18.6 Å². The minimum Gasteiger partial charge on any atom is -0.348 e. The van der Waals surface area contributed by atoms with E-state index in [-0.39, 0.29) is 29.8 Å². The Hall–Kier alpha value is -2.32. The van der Waals surface area contributed by atoms with Crippen molar-refractivity contribution < 1.29 is 9.59 Å². The van der Waals surface area contributed by atoms with E-state index < -0.39 is 0 Å². The topological polar surface area (TPSA) is 61.4 Å². The van der Waals surface area contributed by atoms with Crippen molar-refractivity contribution >= 4 is 17.5 Å². The van der Waals surface area contributed by atoms with Gasteiger partial charge in [-0.3, -0.25) is 14.5 Å². The molecule has 1 aromatic rings. The van der Waals surface area contributed by atoms with Gasteiger partial charge >= 0.3 is 0 Å². The van der Waals surface area contributed by atoms with Gasteiger partial charge in [-0.25, -0.2) is 0 Å². The number of piperidine rings is 1. The van der Waals surface area contributed by atoms with Gasteiger partial charge in [-0.1, -0.05) is 24.5 Å². The summed E-state index contributed by atoms with van der Waals surface area (Å²) in [6.07, 6.45) is 10.4. The normalized spacial score (nSPS) is 21.5. The molecule has 2 aliphatic rings. The van der Waals surface area contributed by atoms with Gasteiger partial charge in [-0.05, 0) is 56.8 Å². The summed E-state index contributed by atoms with van der Waals surface area (Å²) in [5.41, 5.74) is 1.82. The quantitative estimate of drug-likeness (QED) is 0.773. The highest BCUT2D eigenvalue weighted by molar-refractivity contribution is 5.94. The first-order valence-electron chi connectivity index (χ1n) is 9.47. The number of carbonyl (C=O) groups is 2. The molecular weight excluding hydrogens is 326 g/mol. The summed E-state index contributed by atoms with van der Waals surface area (Å²) in [5, 5.41) is 6.04. The zero-order chi connectivity index (χ0) is 18.5. The SMILES string of the molecule is C#CCN1CCCC[C@@H]1C(=O)N[C@H](C)c1ccc(NC(=O)C2CC2)cc1.